The Labute approximate surface area is 385 Å². The van der Waals surface area contributed by atoms with Crippen molar-refractivity contribution in [1.82, 2.24) is 0 Å². The maximum absolute atomic E-state index is 12.9. The SMILES string of the molecule is COc1ccc(/C=C/C(=O)OC[C@H]2O[C@@H](OC3=Cc4c(O[C@@H]5O[C@H](CO)[C@@H](O)[C@H](O)[C@H]5O)cc(O)cc4[OH+]C3c3ccc(O)c(OC)c3)[C@H](O[C@@H]3O[C@H](CO)[C@@H](O)[C@H](O)[C@H]3O)[C@@H](O)[C@@H]2O)cc1O. The lowest BCUT2D eigenvalue weighted by Gasteiger charge is -2.46. The van der Waals surface area contributed by atoms with Crippen molar-refractivity contribution in [3.8, 4) is 40.2 Å². The Kier molecular flexibility index (Phi) is 15.8. The fourth-order valence-corrected chi connectivity index (χ4v) is 7.80. The number of esters is 1. The molecule has 24 nitrogen and oxygen atoms in total. The molecule has 24 heteroatoms. The van der Waals surface area contributed by atoms with Crippen LogP contribution in [0.5, 0.6) is 40.2 Å². The van der Waals surface area contributed by atoms with E-state index in [9.17, 15) is 71.2 Å². The van der Waals surface area contributed by atoms with Crippen molar-refractivity contribution in [2.45, 2.75) is 98.2 Å². The fourth-order valence-electron chi connectivity index (χ4n) is 7.80. The second-order valence-electron chi connectivity index (χ2n) is 16.0. The van der Waals surface area contributed by atoms with Crippen molar-refractivity contribution < 1.29 is 119 Å². The van der Waals surface area contributed by atoms with Crippen LogP contribution >= 0.6 is 0 Å². The number of hydrogen-bond donors (Lipinski definition) is 13. The second kappa shape index (κ2) is 21.4. The lowest BCUT2D eigenvalue weighted by Crippen LogP contribution is -2.64. The zero-order chi connectivity index (χ0) is 49.1. The molecule has 1 unspecified atom stereocenters. The molecule has 3 fully saturated rings. The number of carbonyl (C=O) groups is 1. The topological polar surface area (TPSA) is 376 Å². The molecule has 68 heavy (non-hydrogen) atoms. The number of fused-ring (bicyclic) bond motifs is 1. The van der Waals surface area contributed by atoms with Crippen molar-refractivity contribution in [3.05, 3.63) is 77.1 Å². The Hall–Kier alpha value is -5.55. The van der Waals surface area contributed by atoms with E-state index in [2.05, 4.69) is 0 Å². The van der Waals surface area contributed by atoms with Crippen LogP contribution in [0.1, 0.15) is 22.8 Å². The molecule has 0 bridgehead atoms. The molecule has 3 aromatic rings. The van der Waals surface area contributed by atoms with E-state index in [0.29, 0.717) is 5.56 Å². The average molecular weight is 966 g/mol. The van der Waals surface area contributed by atoms with Gasteiger partial charge in [-0.3, -0.25) is 0 Å². The summed E-state index contributed by atoms with van der Waals surface area (Å²) < 4.78 is 56.0. The van der Waals surface area contributed by atoms with Crippen molar-refractivity contribution in [2.75, 3.05) is 34.0 Å². The molecule has 0 radical (unpaired) electrons. The highest BCUT2D eigenvalue weighted by Crippen LogP contribution is 2.48. The quantitative estimate of drug-likeness (QED) is 0.0417. The first-order valence-corrected chi connectivity index (χ1v) is 21.0. The summed E-state index contributed by atoms with van der Waals surface area (Å²) in [6, 6.07) is 10.8. The fraction of sp³-hybridized carbons (Fsp3) is 0.477. The minimum Gasteiger partial charge on any atom is -0.571 e. The molecule has 3 saturated heterocycles. The van der Waals surface area contributed by atoms with Gasteiger partial charge in [-0.15, -0.1) is 0 Å². The number of phenolic OH excluding ortho intramolecular Hbond substituents is 3. The van der Waals surface area contributed by atoms with Crippen LogP contribution in [-0.2, 0) is 33.2 Å². The van der Waals surface area contributed by atoms with Gasteiger partial charge in [-0.1, -0.05) is 6.07 Å². The minimum absolute atomic E-state index is 0.0126. The molecule has 0 saturated carbocycles. The molecule has 4 aliphatic heterocycles. The Morgan fingerprint density at radius 3 is 1.93 bits per heavy atom. The van der Waals surface area contributed by atoms with E-state index in [-0.39, 0.29) is 51.4 Å². The third kappa shape index (κ3) is 10.5. The van der Waals surface area contributed by atoms with Gasteiger partial charge >= 0.3 is 5.97 Å². The van der Waals surface area contributed by atoms with Crippen LogP contribution in [0, 0.1) is 0 Å². The summed E-state index contributed by atoms with van der Waals surface area (Å²) in [4.78, 5) is 12.9. The van der Waals surface area contributed by atoms with E-state index in [1.54, 1.807) is 6.07 Å². The van der Waals surface area contributed by atoms with Gasteiger partial charge in [0, 0.05) is 18.2 Å². The van der Waals surface area contributed by atoms with Gasteiger partial charge in [-0.25, -0.2) is 4.79 Å². The maximum Gasteiger partial charge on any atom is 0.330 e. The van der Waals surface area contributed by atoms with E-state index >= 15 is 0 Å². The summed E-state index contributed by atoms with van der Waals surface area (Å²) in [6.07, 6.45) is -24.8. The summed E-state index contributed by atoms with van der Waals surface area (Å²) in [5.41, 5.74) is 0.667. The van der Waals surface area contributed by atoms with Gasteiger partial charge in [0.05, 0.1) is 39.1 Å². The highest BCUT2D eigenvalue weighted by atomic mass is 16.8. The second-order valence-corrected chi connectivity index (χ2v) is 16.0. The third-order valence-corrected chi connectivity index (χ3v) is 11.6. The lowest BCUT2D eigenvalue weighted by molar-refractivity contribution is -0.364. The monoisotopic (exact) mass is 965 g/mol. The molecular formula is C44H53O24+. The van der Waals surface area contributed by atoms with Gasteiger partial charge in [-0.05, 0) is 42.0 Å². The van der Waals surface area contributed by atoms with Gasteiger partial charge in [0.15, 0.2) is 41.2 Å². The number of rotatable bonds is 15. The average Bonchev–Trinajstić information content (AvgIpc) is 3.32. The molecule has 14 N–H and O–H groups in total. The van der Waals surface area contributed by atoms with E-state index in [4.69, 9.17) is 47.4 Å². The van der Waals surface area contributed by atoms with Crippen molar-refractivity contribution in [3.63, 3.8) is 0 Å². The number of aliphatic hydroxyl groups is 11. The number of benzene rings is 3. The highest BCUT2D eigenvalue weighted by molar-refractivity contribution is 5.87. The molecule has 7 rings (SSSR count). The molecule has 0 aromatic heterocycles. The largest absolute Gasteiger partial charge is 0.571 e. The molecule has 372 valence electrons. The Bertz CT molecular complexity index is 2290. The van der Waals surface area contributed by atoms with E-state index in [1.807, 2.05) is 0 Å². The maximum atomic E-state index is 12.9. The summed E-state index contributed by atoms with van der Waals surface area (Å²) in [5.74, 6) is -2.09. The first-order valence-electron chi connectivity index (χ1n) is 21.0. The van der Waals surface area contributed by atoms with Crippen LogP contribution in [-0.4, -0.2) is 203 Å². The summed E-state index contributed by atoms with van der Waals surface area (Å²) in [7, 11) is 2.65. The smallest absolute Gasteiger partial charge is 0.330 e. The zero-order valence-corrected chi connectivity index (χ0v) is 36.1. The van der Waals surface area contributed by atoms with Gasteiger partial charge < -0.3 is 114 Å². The van der Waals surface area contributed by atoms with E-state index in [1.165, 1.54) is 62.8 Å². The Morgan fingerprint density at radius 1 is 0.647 bits per heavy atom. The van der Waals surface area contributed by atoms with Crippen LogP contribution in [0.2, 0.25) is 0 Å². The number of methoxy groups -OCH3 is 2. The van der Waals surface area contributed by atoms with Gasteiger partial charge in [0.2, 0.25) is 12.6 Å². The molecule has 0 amide bonds. The minimum atomic E-state index is -2.05. The zero-order valence-electron chi connectivity index (χ0n) is 36.1. The number of aliphatic hydroxyl groups excluding tert-OH is 10. The van der Waals surface area contributed by atoms with Crippen LogP contribution in [0.3, 0.4) is 0 Å². The summed E-state index contributed by atoms with van der Waals surface area (Å²) >= 11 is 0. The summed E-state index contributed by atoms with van der Waals surface area (Å²) in [5, 5.41) is 138. The van der Waals surface area contributed by atoms with E-state index < -0.39 is 130 Å². The van der Waals surface area contributed by atoms with E-state index in [0.717, 1.165) is 12.1 Å². The first kappa shape index (κ1) is 50.3. The third-order valence-electron chi connectivity index (χ3n) is 11.6. The predicted octanol–water partition coefficient (Wildman–Crippen LogP) is -2.76. The highest BCUT2D eigenvalue weighted by Gasteiger charge is 2.53. The molecule has 3 aromatic carbocycles. The molecule has 4 heterocycles. The normalized spacial score (nSPS) is 33.7. The molecule has 0 aliphatic carbocycles. The van der Waals surface area contributed by atoms with Crippen LogP contribution in [0.25, 0.3) is 12.2 Å². The Balaban J connectivity index is 1.25. The van der Waals surface area contributed by atoms with Gasteiger partial charge in [-0.2, -0.15) is 0 Å². The number of phenols is 3. The lowest BCUT2D eigenvalue weighted by atomic mass is 9.97. The molecule has 0 spiro atoms. The number of aromatic hydroxyl groups is 4. The van der Waals surface area contributed by atoms with Crippen molar-refractivity contribution in [1.29, 1.82) is 0 Å². The van der Waals surface area contributed by atoms with Crippen LogP contribution in [0.15, 0.2) is 60.4 Å². The van der Waals surface area contributed by atoms with Crippen molar-refractivity contribution in [2.24, 2.45) is 0 Å². The van der Waals surface area contributed by atoms with Crippen molar-refractivity contribution >= 4 is 18.1 Å². The predicted molar refractivity (Wildman–Crippen MR) is 225 cm³/mol. The Morgan fingerprint density at radius 2 is 1.28 bits per heavy atom. The molecular weight excluding hydrogens is 912 g/mol. The van der Waals surface area contributed by atoms with Crippen LogP contribution < -0.4 is 14.2 Å². The summed E-state index contributed by atoms with van der Waals surface area (Å²) in [6.45, 7) is -2.37. The van der Waals surface area contributed by atoms with Crippen LogP contribution in [0.4, 0.5) is 0 Å². The standard InChI is InChI=1S/C44H52O24/c1-59-23-7-3-17(9-22(23)49)4-8-31(50)61-16-30-34(53)37(56)41(68-43-39(58)36(55)33(52)29(15-46)66-43)44(67-30)64-27-13-20-24(62-40(27)18-5-6-21(48)26(10-18)60-2)11-19(47)12-25(20)63-42-38(57)35(54)32(51)28(14-45)65-42/h3-13,28-30,32-49,51-58H,14-16H2,1-2H3/p+1/b8-4+/t28-,29-,30-,32-,33-,34-,35+,36+,37+,38-,39-,40?,41-,42-,43+,44-/m1/s1. The number of hydrogen-bond acceptors (Lipinski definition) is 23. The van der Waals surface area contributed by atoms with Gasteiger partial charge in [0.25, 0.3) is 11.9 Å². The first-order chi connectivity index (χ1) is 32.5. The number of ether oxygens (including phenoxy) is 10. The molecule has 16 atom stereocenters. The molecule has 4 aliphatic rings. The van der Waals surface area contributed by atoms with Gasteiger partial charge in [0.1, 0.15) is 90.8 Å². The number of carbonyl (C=O) groups excluding carboxylic acids is 1.